The van der Waals surface area contributed by atoms with Gasteiger partial charge in [0.05, 0.1) is 0 Å². The molecule has 128 valence electrons. The lowest BCUT2D eigenvalue weighted by Crippen LogP contribution is -2.41. The summed E-state index contributed by atoms with van der Waals surface area (Å²) in [7, 11) is 0. The van der Waals surface area contributed by atoms with Crippen LogP contribution in [0.25, 0.3) is 0 Å². The van der Waals surface area contributed by atoms with Crippen LogP contribution in [-0.2, 0) is 11.3 Å². The van der Waals surface area contributed by atoms with Gasteiger partial charge in [-0.05, 0) is 12.5 Å². The van der Waals surface area contributed by atoms with Crippen molar-refractivity contribution in [3.05, 3.63) is 47.2 Å². The van der Waals surface area contributed by atoms with Gasteiger partial charge in [-0.1, -0.05) is 30.0 Å². The second kappa shape index (κ2) is 8.60. The topological polar surface area (TPSA) is 45.2 Å². The molecule has 0 spiro atoms. The van der Waals surface area contributed by atoms with E-state index in [4.69, 9.17) is 0 Å². The highest BCUT2D eigenvalue weighted by atomic mass is 32.2. The Morgan fingerprint density at radius 3 is 3.08 bits per heavy atom. The SMILES string of the molecule is O=C1CC[C@H](CNCc2ccccc2F)N1CCSc1nccs1. The molecule has 24 heavy (non-hydrogen) atoms. The van der Waals surface area contributed by atoms with Crippen LogP contribution in [0.3, 0.4) is 0 Å². The van der Waals surface area contributed by atoms with E-state index in [9.17, 15) is 9.18 Å². The average Bonchev–Trinajstić information content (AvgIpc) is 3.21. The van der Waals surface area contributed by atoms with Gasteiger partial charge in [-0.3, -0.25) is 4.79 Å². The number of carbonyl (C=O) groups excluding carboxylic acids is 1. The number of aromatic nitrogens is 1. The zero-order valence-corrected chi connectivity index (χ0v) is 14.9. The highest BCUT2D eigenvalue weighted by molar-refractivity contribution is 8.01. The van der Waals surface area contributed by atoms with E-state index in [1.165, 1.54) is 6.07 Å². The van der Waals surface area contributed by atoms with Crippen LogP contribution in [0.2, 0.25) is 0 Å². The van der Waals surface area contributed by atoms with Crippen LogP contribution in [0.1, 0.15) is 18.4 Å². The van der Waals surface area contributed by atoms with Gasteiger partial charge in [0.15, 0.2) is 0 Å². The number of thiazole rings is 1. The lowest BCUT2D eigenvalue weighted by atomic mass is 10.2. The van der Waals surface area contributed by atoms with Crippen LogP contribution in [0.15, 0.2) is 40.2 Å². The summed E-state index contributed by atoms with van der Waals surface area (Å²) in [6.45, 7) is 1.91. The summed E-state index contributed by atoms with van der Waals surface area (Å²) in [5.41, 5.74) is 0.660. The molecule has 1 atom stereocenters. The third kappa shape index (κ3) is 4.55. The van der Waals surface area contributed by atoms with Gasteiger partial charge in [0, 0.05) is 55.0 Å². The quantitative estimate of drug-likeness (QED) is 0.730. The van der Waals surface area contributed by atoms with Gasteiger partial charge in [0.2, 0.25) is 5.91 Å². The Balaban J connectivity index is 1.45. The maximum Gasteiger partial charge on any atom is 0.222 e. The molecule has 0 aliphatic carbocycles. The summed E-state index contributed by atoms with van der Waals surface area (Å²) in [4.78, 5) is 18.3. The Hall–Kier alpha value is -1.44. The number of rotatable bonds is 8. The van der Waals surface area contributed by atoms with Crippen molar-refractivity contribution in [2.75, 3.05) is 18.8 Å². The number of carbonyl (C=O) groups is 1. The van der Waals surface area contributed by atoms with Crippen LogP contribution < -0.4 is 5.32 Å². The summed E-state index contributed by atoms with van der Waals surface area (Å²) in [6.07, 6.45) is 3.27. The first kappa shape index (κ1) is 17.4. The molecule has 1 aliphatic heterocycles. The number of amides is 1. The van der Waals surface area contributed by atoms with Gasteiger partial charge in [0.25, 0.3) is 0 Å². The van der Waals surface area contributed by atoms with Crippen LogP contribution in [0, 0.1) is 5.82 Å². The largest absolute Gasteiger partial charge is 0.338 e. The molecule has 0 radical (unpaired) electrons. The second-order valence-corrected chi connectivity index (χ2v) is 7.89. The maximum absolute atomic E-state index is 13.6. The highest BCUT2D eigenvalue weighted by Gasteiger charge is 2.30. The number of hydrogen-bond acceptors (Lipinski definition) is 5. The molecular formula is C17H20FN3OS2. The minimum atomic E-state index is -0.191. The number of thioether (sulfide) groups is 1. The molecule has 0 unspecified atom stereocenters. The molecule has 1 saturated heterocycles. The fourth-order valence-corrected chi connectivity index (χ4v) is 4.49. The fraction of sp³-hybridized carbons (Fsp3) is 0.412. The monoisotopic (exact) mass is 365 g/mol. The molecule has 3 rings (SSSR count). The second-order valence-electron chi connectivity index (χ2n) is 5.65. The minimum Gasteiger partial charge on any atom is -0.338 e. The first-order chi connectivity index (χ1) is 11.7. The highest BCUT2D eigenvalue weighted by Crippen LogP contribution is 2.23. The molecule has 1 aliphatic rings. The standard InChI is InChI=1S/C17H20FN3OS2/c18-15-4-2-1-3-13(15)11-19-12-14-5-6-16(22)21(14)8-10-24-17-20-7-9-23-17/h1-4,7,9,14,19H,5-6,8,10-12H2/t14-/m1/s1. The van der Waals surface area contributed by atoms with Gasteiger partial charge in [0.1, 0.15) is 10.2 Å². The van der Waals surface area contributed by atoms with E-state index in [2.05, 4.69) is 10.3 Å². The predicted octanol–water partition coefficient (Wildman–Crippen LogP) is 3.16. The van der Waals surface area contributed by atoms with Gasteiger partial charge in [-0.2, -0.15) is 0 Å². The molecule has 0 bridgehead atoms. The Labute approximate surface area is 149 Å². The molecule has 2 heterocycles. The van der Waals surface area contributed by atoms with Gasteiger partial charge in [-0.25, -0.2) is 9.37 Å². The summed E-state index contributed by atoms with van der Waals surface area (Å²) >= 11 is 3.30. The first-order valence-electron chi connectivity index (χ1n) is 8.00. The lowest BCUT2D eigenvalue weighted by molar-refractivity contribution is -0.128. The van der Waals surface area contributed by atoms with E-state index in [-0.39, 0.29) is 17.8 Å². The maximum atomic E-state index is 13.6. The fourth-order valence-electron chi connectivity index (χ4n) is 2.84. The summed E-state index contributed by atoms with van der Waals surface area (Å²) in [6, 6.07) is 6.97. The van der Waals surface area contributed by atoms with E-state index in [0.29, 0.717) is 25.1 Å². The van der Waals surface area contributed by atoms with Crippen LogP contribution in [0.4, 0.5) is 4.39 Å². The van der Waals surface area contributed by atoms with Crippen LogP contribution >= 0.6 is 23.1 Å². The summed E-state index contributed by atoms with van der Waals surface area (Å²) in [5.74, 6) is 0.875. The number of hydrogen-bond donors (Lipinski definition) is 1. The van der Waals surface area contributed by atoms with E-state index in [1.54, 1.807) is 41.4 Å². The lowest BCUT2D eigenvalue weighted by Gasteiger charge is -2.25. The van der Waals surface area contributed by atoms with Crippen molar-refractivity contribution in [3.8, 4) is 0 Å². The van der Waals surface area contributed by atoms with E-state index in [1.807, 2.05) is 16.3 Å². The van der Waals surface area contributed by atoms with Gasteiger partial charge < -0.3 is 10.2 Å². The third-order valence-corrected chi connectivity index (χ3v) is 6.02. The number of nitrogens with zero attached hydrogens (tertiary/aromatic N) is 2. The van der Waals surface area contributed by atoms with Gasteiger partial charge >= 0.3 is 0 Å². The first-order valence-corrected chi connectivity index (χ1v) is 9.86. The van der Waals surface area contributed by atoms with Crippen molar-refractivity contribution in [2.45, 2.75) is 29.8 Å². The molecular weight excluding hydrogens is 345 g/mol. The number of likely N-dealkylation sites (tertiary alicyclic amines) is 1. The Bertz CT molecular complexity index is 666. The number of benzene rings is 1. The predicted molar refractivity (Wildman–Crippen MR) is 95.7 cm³/mol. The molecule has 1 fully saturated rings. The summed E-state index contributed by atoms with van der Waals surface area (Å²) in [5, 5.41) is 5.25. The van der Waals surface area contributed by atoms with Crippen LogP contribution in [-0.4, -0.2) is 40.7 Å². The van der Waals surface area contributed by atoms with Crippen molar-refractivity contribution in [2.24, 2.45) is 0 Å². The Morgan fingerprint density at radius 2 is 2.29 bits per heavy atom. The molecule has 1 N–H and O–H groups in total. The van der Waals surface area contributed by atoms with E-state index in [0.717, 1.165) is 23.1 Å². The van der Waals surface area contributed by atoms with Crippen LogP contribution in [0.5, 0.6) is 0 Å². The molecule has 7 heteroatoms. The number of halogens is 1. The van der Waals surface area contributed by atoms with E-state index < -0.39 is 0 Å². The minimum absolute atomic E-state index is 0.191. The molecule has 1 aromatic carbocycles. The van der Waals surface area contributed by atoms with Crippen molar-refractivity contribution < 1.29 is 9.18 Å². The van der Waals surface area contributed by atoms with Crippen molar-refractivity contribution in [1.82, 2.24) is 15.2 Å². The Kier molecular flexibility index (Phi) is 6.23. The van der Waals surface area contributed by atoms with E-state index >= 15 is 0 Å². The molecule has 4 nitrogen and oxygen atoms in total. The Morgan fingerprint density at radius 1 is 1.42 bits per heavy atom. The zero-order valence-electron chi connectivity index (χ0n) is 13.3. The summed E-state index contributed by atoms with van der Waals surface area (Å²) < 4.78 is 14.7. The number of nitrogens with one attached hydrogen (secondary N) is 1. The molecule has 0 saturated carbocycles. The smallest absolute Gasteiger partial charge is 0.222 e. The van der Waals surface area contributed by atoms with Gasteiger partial charge in [-0.15, -0.1) is 11.3 Å². The van der Waals surface area contributed by atoms with Crippen molar-refractivity contribution in [1.29, 1.82) is 0 Å². The molecule has 1 amide bonds. The average molecular weight is 365 g/mol. The molecule has 1 aromatic heterocycles. The van der Waals surface area contributed by atoms with Crippen molar-refractivity contribution >= 4 is 29.0 Å². The third-order valence-electron chi connectivity index (χ3n) is 4.07. The molecule has 2 aromatic rings. The normalized spacial score (nSPS) is 17.6. The zero-order chi connectivity index (χ0) is 16.8. The van der Waals surface area contributed by atoms with Crippen molar-refractivity contribution in [3.63, 3.8) is 0 Å².